The van der Waals surface area contributed by atoms with Crippen molar-refractivity contribution in [2.45, 2.75) is 57.3 Å². The van der Waals surface area contributed by atoms with Gasteiger partial charge in [-0.1, -0.05) is 20.3 Å². The average Bonchev–Trinajstić information content (AvgIpc) is 3.14. The zero-order chi connectivity index (χ0) is 19.7. The maximum Gasteiger partial charge on any atom is 0.243 e. The molecule has 1 heterocycles. The first-order valence-electron chi connectivity index (χ1n) is 9.78. The molecule has 28 heavy (non-hydrogen) atoms. The largest absolute Gasteiger partial charge is 0.444 e. The van der Waals surface area contributed by atoms with E-state index in [2.05, 4.69) is 4.98 Å². The van der Waals surface area contributed by atoms with Gasteiger partial charge in [-0.25, -0.2) is 13.4 Å². The van der Waals surface area contributed by atoms with Gasteiger partial charge in [0.1, 0.15) is 6.26 Å². The van der Waals surface area contributed by atoms with Gasteiger partial charge in [0.05, 0.1) is 10.6 Å². The van der Waals surface area contributed by atoms with Crippen molar-refractivity contribution in [3.05, 3.63) is 36.2 Å². The van der Waals surface area contributed by atoms with E-state index in [0.29, 0.717) is 30.4 Å². The molecule has 0 aliphatic rings. The third kappa shape index (κ3) is 6.58. The topological polar surface area (TPSA) is 89.4 Å². The van der Waals surface area contributed by atoms with E-state index in [4.69, 9.17) is 10.2 Å². The van der Waals surface area contributed by atoms with Crippen LogP contribution in [0.2, 0.25) is 0 Å². The summed E-state index contributed by atoms with van der Waals surface area (Å²) in [4.78, 5) is 4.81. The summed E-state index contributed by atoms with van der Waals surface area (Å²) < 4.78 is 32.7. The highest BCUT2D eigenvalue weighted by atomic mass is 35.5. The molecular formula is C20H32ClN3O3S. The van der Waals surface area contributed by atoms with Crippen LogP contribution in [-0.2, 0) is 16.4 Å². The molecule has 2 N–H and O–H groups in total. The number of nitrogens with two attached hydrogens (primary N) is 1. The lowest BCUT2D eigenvalue weighted by Gasteiger charge is -2.21. The molecule has 0 spiro atoms. The standard InChI is InChI=1S/C20H31N3O3S.ClH/c1-3-14-23(15-4-2)27(24,25)19-11-9-17(10-12-19)20-22-18(16-26-20)8-6-5-7-13-21;/h9-12,16H,3-8,13-15,21H2,1-2H3;1H. The van der Waals surface area contributed by atoms with E-state index in [1.807, 2.05) is 13.8 Å². The smallest absolute Gasteiger partial charge is 0.243 e. The zero-order valence-electron chi connectivity index (χ0n) is 16.8. The maximum absolute atomic E-state index is 12.8. The van der Waals surface area contributed by atoms with Crippen LogP contribution in [0.1, 0.15) is 51.6 Å². The third-order valence-electron chi connectivity index (χ3n) is 4.37. The summed E-state index contributed by atoms with van der Waals surface area (Å²) >= 11 is 0. The molecule has 1 aromatic carbocycles. The van der Waals surface area contributed by atoms with E-state index in [1.165, 1.54) is 0 Å². The summed E-state index contributed by atoms with van der Waals surface area (Å²) in [6.07, 6.45) is 7.25. The molecular weight excluding hydrogens is 398 g/mol. The van der Waals surface area contributed by atoms with Crippen molar-refractivity contribution in [3.63, 3.8) is 0 Å². The molecule has 0 atom stereocenters. The fraction of sp³-hybridized carbons (Fsp3) is 0.550. The van der Waals surface area contributed by atoms with Crippen LogP contribution in [-0.4, -0.2) is 37.3 Å². The maximum atomic E-state index is 12.8. The van der Waals surface area contributed by atoms with Crippen molar-refractivity contribution in [1.82, 2.24) is 9.29 Å². The minimum absolute atomic E-state index is 0. The third-order valence-corrected chi connectivity index (χ3v) is 6.29. The van der Waals surface area contributed by atoms with Crippen LogP contribution in [0.15, 0.2) is 39.8 Å². The van der Waals surface area contributed by atoms with E-state index in [1.54, 1.807) is 34.8 Å². The highest BCUT2D eigenvalue weighted by Gasteiger charge is 2.23. The van der Waals surface area contributed by atoms with Crippen molar-refractivity contribution in [2.75, 3.05) is 19.6 Å². The lowest BCUT2D eigenvalue weighted by Crippen LogP contribution is -2.32. The van der Waals surface area contributed by atoms with Gasteiger partial charge < -0.3 is 10.2 Å². The van der Waals surface area contributed by atoms with Gasteiger partial charge in [-0.15, -0.1) is 12.4 Å². The molecule has 2 aromatic rings. The number of rotatable bonds is 12. The molecule has 0 bridgehead atoms. The molecule has 6 nitrogen and oxygen atoms in total. The van der Waals surface area contributed by atoms with Gasteiger partial charge in [-0.3, -0.25) is 0 Å². The number of hydrogen-bond acceptors (Lipinski definition) is 5. The number of hydrogen-bond donors (Lipinski definition) is 1. The highest BCUT2D eigenvalue weighted by molar-refractivity contribution is 7.89. The molecule has 8 heteroatoms. The Hall–Kier alpha value is -1.41. The average molecular weight is 430 g/mol. The summed E-state index contributed by atoms with van der Waals surface area (Å²) in [5.74, 6) is 0.520. The minimum atomic E-state index is -3.46. The second-order valence-electron chi connectivity index (χ2n) is 6.67. The first-order valence-corrected chi connectivity index (χ1v) is 11.2. The van der Waals surface area contributed by atoms with E-state index in [0.717, 1.165) is 49.8 Å². The lowest BCUT2D eigenvalue weighted by atomic mass is 10.1. The Labute approximate surface area is 175 Å². The Morgan fingerprint density at radius 1 is 1.04 bits per heavy atom. The van der Waals surface area contributed by atoms with Gasteiger partial charge in [-0.05, 0) is 62.9 Å². The molecule has 0 saturated heterocycles. The minimum Gasteiger partial charge on any atom is -0.444 e. The van der Waals surface area contributed by atoms with Crippen LogP contribution in [0.25, 0.3) is 11.5 Å². The summed E-state index contributed by atoms with van der Waals surface area (Å²) in [7, 11) is -3.46. The number of aromatic nitrogens is 1. The number of sulfonamides is 1. The summed E-state index contributed by atoms with van der Waals surface area (Å²) in [5, 5.41) is 0. The molecule has 1 aromatic heterocycles. The number of benzene rings is 1. The molecule has 0 aliphatic carbocycles. The SMILES string of the molecule is CCCN(CCC)S(=O)(=O)c1ccc(-c2nc(CCCCCN)co2)cc1.Cl. The van der Waals surface area contributed by atoms with Gasteiger partial charge in [0.2, 0.25) is 15.9 Å². The van der Waals surface area contributed by atoms with Crippen molar-refractivity contribution < 1.29 is 12.8 Å². The van der Waals surface area contributed by atoms with Crippen molar-refractivity contribution in [3.8, 4) is 11.5 Å². The van der Waals surface area contributed by atoms with Crippen LogP contribution in [0, 0.1) is 0 Å². The molecule has 0 amide bonds. The fourth-order valence-electron chi connectivity index (χ4n) is 2.95. The van der Waals surface area contributed by atoms with Crippen LogP contribution in [0.3, 0.4) is 0 Å². The highest BCUT2D eigenvalue weighted by Crippen LogP contribution is 2.23. The normalized spacial score (nSPS) is 11.6. The number of oxazole rings is 1. The van der Waals surface area contributed by atoms with Gasteiger partial charge in [-0.2, -0.15) is 4.31 Å². The summed E-state index contributed by atoms with van der Waals surface area (Å²) in [6.45, 7) is 5.75. The molecule has 0 saturated carbocycles. The first kappa shape index (κ1) is 24.6. The predicted octanol–water partition coefficient (Wildman–Crippen LogP) is 4.25. The molecule has 0 unspecified atom stereocenters. The summed E-state index contributed by atoms with van der Waals surface area (Å²) in [6, 6.07) is 6.78. The van der Waals surface area contributed by atoms with E-state index >= 15 is 0 Å². The number of aryl methyl sites for hydroxylation is 1. The Kier molecular flexibility index (Phi) is 10.7. The fourth-order valence-corrected chi connectivity index (χ4v) is 4.58. The molecule has 158 valence electrons. The Bertz CT molecular complexity index is 785. The first-order chi connectivity index (χ1) is 13.0. The van der Waals surface area contributed by atoms with Gasteiger partial charge in [0.25, 0.3) is 0 Å². The Morgan fingerprint density at radius 2 is 1.68 bits per heavy atom. The molecule has 0 radical (unpaired) electrons. The predicted molar refractivity (Wildman–Crippen MR) is 115 cm³/mol. The van der Waals surface area contributed by atoms with Crippen molar-refractivity contribution in [1.29, 1.82) is 0 Å². The van der Waals surface area contributed by atoms with Crippen LogP contribution in [0.4, 0.5) is 0 Å². The number of nitrogens with zero attached hydrogens (tertiary/aromatic N) is 2. The number of unbranched alkanes of at least 4 members (excludes halogenated alkanes) is 2. The second kappa shape index (κ2) is 12.2. The van der Waals surface area contributed by atoms with Crippen molar-refractivity contribution in [2.24, 2.45) is 5.73 Å². The van der Waals surface area contributed by atoms with Crippen LogP contribution < -0.4 is 5.73 Å². The van der Waals surface area contributed by atoms with E-state index in [9.17, 15) is 8.42 Å². The van der Waals surface area contributed by atoms with Gasteiger partial charge in [0, 0.05) is 18.7 Å². The quantitative estimate of drug-likeness (QED) is 0.509. The Balaban J connectivity index is 0.00000392. The number of halogens is 1. The van der Waals surface area contributed by atoms with Crippen molar-refractivity contribution >= 4 is 22.4 Å². The van der Waals surface area contributed by atoms with E-state index in [-0.39, 0.29) is 12.4 Å². The monoisotopic (exact) mass is 429 g/mol. The van der Waals surface area contributed by atoms with Crippen LogP contribution >= 0.6 is 12.4 Å². The van der Waals surface area contributed by atoms with Crippen LogP contribution in [0.5, 0.6) is 0 Å². The lowest BCUT2D eigenvalue weighted by molar-refractivity contribution is 0.410. The summed E-state index contributed by atoms with van der Waals surface area (Å²) in [5.41, 5.74) is 7.19. The zero-order valence-corrected chi connectivity index (χ0v) is 18.4. The van der Waals surface area contributed by atoms with E-state index < -0.39 is 10.0 Å². The Morgan fingerprint density at radius 3 is 2.25 bits per heavy atom. The molecule has 0 aliphatic heterocycles. The second-order valence-corrected chi connectivity index (χ2v) is 8.61. The molecule has 2 rings (SSSR count). The van der Waals surface area contributed by atoms with Gasteiger partial charge >= 0.3 is 0 Å². The molecule has 0 fully saturated rings. The van der Waals surface area contributed by atoms with Gasteiger partial charge in [0.15, 0.2) is 0 Å².